The second kappa shape index (κ2) is 5.77. The van der Waals surface area contributed by atoms with Crippen molar-refractivity contribution < 1.29 is 0 Å². The molecular formula is C15H17ClN4O. The third-order valence-corrected chi connectivity index (χ3v) is 4.11. The molecule has 6 heteroatoms. The largest absolute Gasteiger partial charge is 0.378 e. The van der Waals surface area contributed by atoms with Crippen LogP contribution in [0.25, 0.3) is 0 Å². The van der Waals surface area contributed by atoms with Crippen molar-refractivity contribution in [3.05, 3.63) is 51.9 Å². The van der Waals surface area contributed by atoms with Crippen molar-refractivity contribution in [3.63, 3.8) is 0 Å². The number of nitrogens with zero attached hydrogens (tertiary/aromatic N) is 3. The minimum absolute atomic E-state index is 0.200. The summed E-state index contributed by atoms with van der Waals surface area (Å²) in [5.41, 5.74) is 1.55. The lowest BCUT2D eigenvalue weighted by Crippen LogP contribution is -2.28. The van der Waals surface area contributed by atoms with Gasteiger partial charge in [0.2, 0.25) is 0 Å². The Kier molecular flexibility index (Phi) is 3.84. The maximum absolute atomic E-state index is 11.8. The molecule has 1 aromatic carbocycles. The SMILES string of the molecule is Cn1ncc(NC2CCN(c3ccccc3)C2)c(Cl)c1=O. The smallest absolute Gasteiger partial charge is 0.287 e. The van der Waals surface area contributed by atoms with Crippen LogP contribution in [0.2, 0.25) is 5.02 Å². The highest BCUT2D eigenvalue weighted by atomic mass is 35.5. The first-order chi connectivity index (χ1) is 10.1. The summed E-state index contributed by atoms with van der Waals surface area (Å²) in [5.74, 6) is 0. The lowest BCUT2D eigenvalue weighted by molar-refractivity contribution is 0.704. The Hall–Kier alpha value is -2.01. The van der Waals surface area contributed by atoms with Crippen molar-refractivity contribution in [1.82, 2.24) is 9.78 Å². The molecule has 0 amide bonds. The third-order valence-electron chi connectivity index (χ3n) is 3.75. The van der Waals surface area contributed by atoms with Gasteiger partial charge in [-0.2, -0.15) is 5.10 Å². The number of anilines is 2. The zero-order chi connectivity index (χ0) is 14.8. The Morgan fingerprint density at radius 2 is 2.10 bits per heavy atom. The molecule has 1 atom stereocenters. The molecule has 0 aliphatic carbocycles. The lowest BCUT2D eigenvalue weighted by atomic mass is 10.2. The molecule has 21 heavy (non-hydrogen) atoms. The molecule has 0 spiro atoms. The fourth-order valence-corrected chi connectivity index (χ4v) is 2.81. The number of aromatic nitrogens is 2. The maximum atomic E-state index is 11.8. The maximum Gasteiger partial charge on any atom is 0.287 e. The van der Waals surface area contributed by atoms with Crippen molar-refractivity contribution in [1.29, 1.82) is 0 Å². The summed E-state index contributed by atoms with van der Waals surface area (Å²) in [6.45, 7) is 1.87. The molecule has 1 aromatic heterocycles. The molecule has 5 nitrogen and oxygen atoms in total. The van der Waals surface area contributed by atoms with E-state index >= 15 is 0 Å². The van der Waals surface area contributed by atoms with Crippen LogP contribution in [-0.2, 0) is 7.05 Å². The van der Waals surface area contributed by atoms with E-state index in [0.29, 0.717) is 5.69 Å². The van der Waals surface area contributed by atoms with Crippen LogP contribution in [0, 0.1) is 0 Å². The van der Waals surface area contributed by atoms with Crippen molar-refractivity contribution in [2.75, 3.05) is 23.3 Å². The van der Waals surface area contributed by atoms with Crippen LogP contribution < -0.4 is 15.8 Å². The Morgan fingerprint density at radius 3 is 2.86 bits per heavy atom. The van der Waals surface area contributed by atoms with Crippen LogP contribution in [0.4, 0.5) is 11.4 Å². The Labute approximate surface area is 128 Å². The van der Waals surface area contributed by atoms with Gasteiger partial charge in [0.15, 0.2) is 0 Å². The minimum atomic E-state index is -0.278. The molecule has 2 aromatic rings. The summed E-state index contributed by atoms with van der Waals surface area (Å²) in [5, 5.41) is 7.53. The van der Waals surface area contributed by atoms with Crippen molar-refractivity contribution in [2.45, 2.75) is 12.5 Å². The Balaban J connectivity index is 1.71. The van der Waals surface area contributed by atoms with Gasteiger partial charge >= 0.3 is 0 Å². The summed E-state index contributed by atoms with van der Waals surface area (Å²) in [7, 11) is 1.59. The number of hydrogen-bond donors (Lipinski definition) is 1. The van der Waals surface area contributed by atoms with Gasteiger partial charge in [0.25, 0.3) is 5.56 Å². The van der Waals surface area contributed by atoms with Crippen LogP contribution in [0.3, 0.4) is 0 Å². The predicted octanol–water partition coefficient (Wildman–Crippen LogP) is 2.12. The second-order valence-corrected chi connectivity index (χ2v) is 5.59. The van der Waals surface area contributed by atoms with Gasteiger partial charge in [-0.3, -0.25) is 4.79 Å². The molecule has 2 heterocycles. The van der Waals surface area contributed by atoms with E-state index in [0.717, 1.165) is 19.5 Å². The zero-order valence-electron chi connectivity index (χ0n) is 11.8. The van der Waals surface area contributed by atoms with Gasteiger partial charge in [-0.15, -0.1) is 0 Å². The topological polar surface area (TPSA) is 50.2 Å². The fourth-order valence-electron chi connectivity index (χ4n) is 2.58. The summed E-state index contributed by atoms with van der Waals surface area (Å²) < 4.78 is 1.23. The van der Waals surface area contributed by atoms with E-state index < -0.39 is 0 Å². The first-order valence-corrected chi connectivity index (χ1v) is 7.31. The molecule has 110 valence electrons. The molecule has 1 aliphatic heterocycles. The molecule has 1 N–H and O–H groups in total. The number of halogens is 1. The Bertz CT molecular complexity index is 686. The van der Waals surface area contributed by atoms with E-state index in [1.54, 1.807) is 13.2 Å². The fraction of sp³-hybridized carbons (Fsp3) is 0.333. The highest BCUT2D eigenvalue weighted by molar-refractivity contribution is 6.32. The van der Waals surface area contributed by atoms with E-state index in [9.17, 15) is 4.79 Å². The predicted molar refractivity (Wildman–Crippen MR) is 85.2 cm³/mol. The average molecular weight is 305 g/mol. The molecular weight excluding hydrogens is 288 g/mol. The van der Waals surface area contributed by atoms with E-state index in [2.05, 4.69) is 27.4 Å². The van der Waals surface area contributed by atoms with E-state index in [4.69, 9.17) is 11.6 Å². The Morgan fingerprint density at radius 1 is 1.33 bits per heavy atom. The summed E-state index contributed by atoms with van der Waals surface area (Å²) in [6, 6.07) is 10.6. The summed E-state index contributed by atoms with van der Waals surface area (Å²) in [4.78, 5) is 14.1. The standard InChI is InChI=1S/C15H17ClN4O/c1-19-15(21)14(16)13(9-17-19)18-11-7-8-20(10-11)12-5-3-2-4-6-12/h2-6,9,11,18H,7-8,10H2,1H3. The monoisotopic (exact) mass is 304 g/mol. The number of aryl methyl sites for hydroxylation is 1. The van der Waals surface area contributed by atoms with Crippen molar-refractivity contribution >= 4 is 23.0 Å². The molecule has 1 aliphatic rings. The number of rotatable bonds is 3. The first-order valence-electron chi connectivity index (χ1n) is 6.93. The molecule has 1 fully saturated rings. The van der Waals surface area contributed by atoms with Gasteiger partial charge in [0, 0.05) is 31.9 Å². The van der Waals surface area contributed by atoms with Crippen LogP contribution in [0.1, 0.15) is 6.42 Å². The number of hydrogen-bond acceptors (Lipinski definition) is 4. The highest BCUT2D eigenvalue weighted by Crippen LogP contribution is 2.23. The molecule has 0 radical (unpaired) electrons. The quantitative estimate of drug-likeness (QED) is 0.944. The van der Waals surface area contributed by atoms with Crippen LogP contribution >= 0.6 is 11.6 Å². The van der Waals surface area contributed by atoms with E-state index in [-0.39, 0.29) is 16.6 Å². The van der Waals surface area contributed by atoms with Gasteiger partial charge in [-0.05, 0) is 18.6 Å². The van der Waals surface area contributed by atoms with E-state index in [1.807, 2.05) is 18.2 Å². The number of nitrogens with one attached hydrogen (secondary N) is 1. The van der Waals surface area contributed by atoms with Crippen LogP contribution in [-0.4, -0.2) is 28.9 Å². The third kappa shape index (κ3) is 2.88. The number of para-hydroxylation sites is 1. The minimum Gasteiger partial charge on any atom is -0.378 e. The first kappa shape index (κ1) is 13.9. The van der Waals surface area contributed by atoms with Gasteiger partial charge in [0.05, 0.1) is 11.9 Å². The lowest BCUT2D eigenvalue weighted by Gasteiger charge is -2.19. The zero-order valence-corrected chi connectivity index (χ0v) is 12.5. The van der Waals surface area contributed by atoms with Crippen LogP contribution in [0.5, 0.6) is 0 Å². The van der Waals surface area contributed by atoms with Crippen molar-refractivity contribution in [2.24, 2.45) is 7.05 Å². The summed E-state index contributed by atoms with van der Waals surface area (Å²) >= 11 is 6.08. The average Bonchev–Trinajstić information content (AvgIpc) is 2.97. The molecule has 1 unspecified atom stereocenters. The van der Waals surface area contributed by atoms with Gasteiger partial charge < -0.3 is 10.2 Å². The van der Waals surface area contributed by atoms with Gasteiger partial charge in [-0.1, -0.05) is 29.8 Å². The molecule has 0 bridgehead atoms. The molecule has 3 rings (SSSR count). The van der Waals surface area contributed by atoms with Crippen LogP contribution in [0.15, 0.2) is 41.3 Å². The van der Waals surface area contributed by atoms with Crippen molar-refractivity contribution in [3.8, 4) is 0 Å². The van der Waals surface area contributed by atoms with E-state index in [1.165, 1.54) is 10.4 Å². The van der Waals surface area contributed by atoms with Gasteiger partial charge in [0.1, 0.15) is 5.02 Å². The van der Waals surface area contributed by atoms with Gasteiger partial charge in [-0.25, -0.2) is 4.68 Å². The molecule has 0 saturated carbocycles. The number of benzene rings is 1. The summed E-state index contributed by atoms with van der Waals surface area (Å²) in [6.07, 6.45) is 2.61. The highest BCUT2D eigenvalue weighted by Gasteiger charge is 2.23. The normalized spacial score (nSPS) is 18.0. The molecule has 1 saturated heterocycles. The second-order valence-electron chi connectivity index (χ2n) is 5.21.